The minimum Gasteiger partial charge on any atom is -0.386 e. The highest BCUT2D eigenvalue weighted by molar-refractivity contribution is 5.85. The average molecular weight is 299 g/mol. The van der Waals surface area contributed by atoms with Crippen LogP contribution in [0.2, 0.25) is 0 Å². The summed E-state index contributed by atoms with van der Waals surface area (Å²) in [4.78, 5) is 4.18. The zero-order chi connectivity index (χ0) is 15.3. The Balaban J connectivity index is 1.96. The third kappa shape index (κ3) is 1.92. The molecule has 3 heterocycles. The number of aryl methyl sites for hydroxylation is 1. The van der Waals surface area contributed by atoms with E-state index in [4.69, 9.17) is 4.74 Å². The Kier molecular flexibility index (Phi) is 2.95. The molecular weight excluding hydrogens is 285 g/mol. The van der Waals surface area contributed by atoms with E-state index in [-0.39, 0.29) is 12.4 Å². The van der Waals surface area contributed by atoms with Crippen LogP contribution < -0.4 is 0 Å². The molecule has 0 fully saturated rings. The maximum absolute atomic E-state index is 14.3. The summed E-state index contributed by atoms with van der Waals surface area (Å²) in [5.41, 5.74) is 3.79. The van der Waals surface area contributed by atoms with E-state index >= 15 is 0 Å². The van der Waals surface area contributed by atoms with Gasteiger partial charge in [0.05, 0.1) is 30.3 Å². The molecule has 3 aromatic rings. The van der Waals surface area contributed by atoms with Gasteiger partial charge >= 0.3 is 0 Å². The number of fused-ring (bicyclic) bond motifs is 2. The monoisotopic (exact) mass is 299 g/mol. The molecule has 0 radical (unpaired) electrons. The van der Waals surface area contributed by atoms with Crippen LogP contribution in [0.15, 0.2) is 30.7 Å². The van der Waals surface area contributed by atoms with Crippen LogP contribution in [0.4, 0.5) is 4.39 Å². The zero-order valence-electron chi connectivity index (χ0n) is 12.0. The molecule has 4 rings (SSSR count). The number of pyridine rings is 1. The molecular formula is C16H14FN3O2. The van der Waals surface area contributed by atoms with Crippen LogP contribution in [0.3, 0.4) is 0 Å². The lowest BCUT2D eigenvalue weighted by molar-refractivity contribution is 0.00981. The van der Waals surface area contributed by atoms with Gasteiger partial charge in [0.15, 0.2) is 0 Å². The number of nitrogens with zero attached hydrogens (tertiary/aromatic N) is 3. The minimum atomic E-state index is -0.693. The Morgan fingerprint density at radius 2 is 2.18 bits per heavy atom. The number of aliphatic hydroxyl groups excluding tert-OH is 1. The Morgan fingerprint density at radius 3 is 3.05 bits per heavy atom. The van der Waals surface area contributed by atoms with Crippen molar-refractivity contribution in [3.63, 3.8) is 0 Å². The smallest absolute Gasteiger partial charge is 0.134 e. The highest BCUT2D eigenvalue weighted by atomic mass is 19.1. The van der Waals surface area contributed by atoms with Crippen molar-refractivity contribution in [1.29, 1.82) is 0 Å². The van der Waals surface area contributed by atoms with Crippen LogP contribution in [0.5, 0.6) is 0 Å². The fourth-order valence-electron chi connectivity index (χ4n) is 2.92. The van der Waals surface area contributed by atoms with E-state index in [1.54, 1.807) is 24.1 Å². The number of aromatic nitrogens is 3. The number of ether oxygens (including phenoxy) is 1. The van der Waals surface area contributed by atoms with Crippen LogP contribution in [0.25, 0.3) is 22.0 Å². The summed E-state index contributed by atoms with van der Waals surface area (Å²) in [6, 6.07) is 3.35. The molecule has 1 aliphatic rings. The van der Waals surface area contributed by atoms with Crippen LogP contribution in [0.1, 0.15) is 17.2 Å². The molecule has 0 saturated heterocycles. The van der Waals surface area contributed by atoms with E-state index in [9.17, 15) is 9.50 Å². The second-order valence-corrected chi connectivity index (χ2v) is 5.44. The normalized spacial score (nSPS) is 17.7. The lowest BCUT2D eigenvalue weighted by atomic mass is 9.94. The molecule has 0 amide bonds. The van der Waals surface area contributed by atoms with E-state index in [0.29, 0.717) is 23.1 Å². The summed E-state index contributed by atoms with van der Waals surface area (Å²) in [5.74, 6) is -0.324. The van der Waals surface area contributed by atoms with Gasteiger partial charge in [-0.25, -0.2) is 4.39 Å². The van der Waals surface area contributed by atoms with Crippen molar-refractivity contribution in [1.82, 2.24) is 14.8 Å². The second kappa shape index (κ2) is 4.86. The van der Waals surface area contributed by atoms with Gasteiger partial charge in [-0.15, -0.1) is 0 Å². The van der Waals surface area contributed by atoms with E-state index in [2.05, 4.69) is 10.1 Å². The first-order chi connectivity index (χ1) is 10.6. The average Bonchev–Trinajstić information content (AvgIpc) is 2.89. The second-order valence-electron chi connectivity index (χ2n) is 5.44. The molecule has 0 bridgehead atoms. The predicted octanol–water partition coefficient (Wildman–Crippen LogP) is 2.34. The Labute approximate surface area is 126 Å². The molecule has 0 saturated carbocycles. The first-order valence-corrected chi connectivity index (χ1v) is 6.99. The van der Waals surface area contributed by atoms with Gasteiger partial charge in [0.2, 0.25) is 0 Å². The number of benzene rings is 1. The molecule has 22 heavy (non-hydrogen) atoms. The van der Waals surface area contributed by atoms with E-state index in [1.807, 2.05) is 6.07 Å². The van der Waals surface area contributed by atoms with Crippen molar-refractivity contribution in [2.45, 2.75) is 12.7 Å². The number of rotatable bonds is 1. The topological polar surface area (TPSA) is 60.2 Å². The van der Waals surface area contributed by atoms with E-state index in [1.165, 1.54) is 12.3 Å². The Morgan fingerprint density at radius 1 is 1.32 bits per heavy atom. The molecule has 112 valence electrons. The third-order valence-corrected chi connectivity index (χ3v) is 4.10. The van der Waals surface area contributed by atoms with Gasteiger partial charge in [0.1, 0.15) is 11.9 Å². The summed E-state index contributed by atoms with van der Waals surface area (Å²) < 4.78 is 21.3. The highest BCUT2D eigenvalue weighted by Crippen LogP contribution is 2.34. The van der Waals surface area contributed by atoms with Gasteiger partial charge in [-0.2, -0.15) is 5.10 Å². The van der Waals surface area contributed by atoms with Crippen LogP contribution in [0, 0.1) is 5.82 Å². The van der Waals surface area contributed by atoms with E-state index < -0.39 is 6.10 Å². The molecule has 1 N–H and O–H groups in total. The maximum Gasteiger partial charge on any atom is 0.134 e. The lowest BCUT2D eigenvalue weighted by Gasteiger charge is -2.23. The zero-order valence-corrected chi connectivity index (χ0v) is 12.0. The summed E-state index contributed by atoms with van der Waals surface area (Å²) in [5, 5.41) is 14.6. The van der Waals surface area contributed by atoms with Crippen LogP contribution in [-0.2, 0) is 18.4 Å². The Bertz CT molecular complexity index is 875. The summed E-state index contributed by atoms with van der Waals surface area (Å²) >= 11 is 0. The van der Waals surface area contributed by atoms with Gasteiger partial charge in [-0.1, -0.05) is 0 Å². The Hall–Kier alpha value is -2.31. The highest BCUT2D eigenvalue weighted by Gasteiger charge is 2.22. The fourth-order valence-corrected chi connectivity index (χ4v) is 2.92. The van der Waals surface area contributed by atoms with Crippen molar-refractivity contribution < 1.29 is 14.2 Å². The van der Waals surface area contributed by atoms with E-state index in [0.717, 1.165) is 16.7 Å². The first kappa shape index (κ1) is 13.4. The molecule has 1 unspecified atom stereocenters. The molecule has 6 heteroatoms. The first-order valence-electron chi connectivity index (χ1n) is 6.99. The molecule has 1 aliphatic heterocycles. The minimum absolute atomic E-state index is 0.257. The van der Waals surface area contributed by atoms with Crippen LogP contribution >= 0.6 is 0 Å². The standard InChI is InChI=1S/C16H14FN3O2/c1-20-15-3-9(2-14(17)12(15)6-19-20)10-4-18-5-11-13(10)7-22-8-16(11)21/h2-6,16,21H,7-8H2,1H3. The number of halogens is 1. The van der Waals surface area contributed by atoms with Crippen molar-refractivity contribution in [2.24, 2.45) is 7.05 Å². The molecule has 5 nitrogen and oxygen atoms in total. The molecule has 1 atom stereocenters. The van der Waals surface area contributed by atoms with Gasteiger partial charge in [-0.3, -0.25) is 9.67 Å². The quantitative estimate of drug-likeness (QED) is 0.749. The number of hydrogen-bond donors (Lipinski definition) is 1. The maximum atomic E-state index is 14.3. The SMILES string of the molecule is Cn1ncc2c(F)cc(-c3cncc4c3COCC4O)cc21. The van der Waals surface area contributed by atoms with Crippen molar-refractivity contribution in [3.8, 4) is 11.1 Å². The van der Waals surface area contributed by atoms with Gasteiger partial charge < -0.3 is 9.84 Å². The largest absolute Gasteiger partial charge is 0.386 e. The third-order valence-electron chi connectivity index (χ3n) is 4.10. The molecule has 0 spiro atoms. The van der Waals surface area contributed by atoms with Gasteiger partial charge in [0.25, 0.3) is 0 Å². The molecule has 1 aromatic carbocycles. The fraction of sp³-hybridized carbons (Fsp3) is 0.250. The summed E-state index contributed by atoms with van der Waals surface area (Å²) in [6.45, 7) is 0.641. The number of hydrogen-bond acceptors (Lipinski definition) is 4. The number of aliphatic hydroxyl groups is 1. The lowest BCUT2D eigenvalue weighted by Crippen LogP contribution is -2.17. The predicted molar refractivity (Wildman–Crippen MR) is 78.5 cm³/mol. The van der Waals surface area contributed by atoms with Crippen molar-refractivity contribution >= 4 is 10.9 Å². The summed E-state index contributed by atoms with van der Waals surface area (Å²) in [7, 11) is 1.77. The van der Waals surface area contributed by atoms with Crippen molar-refractivity contribution in [3.05, 3.63) is 47.7 Å². The van der Waals surface area contributed by atoms with Crippen LogP contribution in [-0.4, -0.2) is 26.5 Å². The van der Waals surface area contributed by atoms with Crippen molar-refractivity contribution in [2.75, 3.05) is 6.61 Å². The van der Waals surface area contributed by atoms with Gasteiger partial charge in [-0.05, 0) is 23.3 Å². The molecule has 2 aromatic heterocycles. The summed E-state index contributed by atoms with van der Waals surface area (Å²) in [6.07, 6.45) is 4.14. The molecule has 0 aliphatic carbocycles. The van der Waals surface area contributed by atoms with Gasteiger partial charge in [0, 0.05) is 30.6 Å².